The summed E-state index contributed by atoms with van der Waals surface area (Å²) in [5.74, 6) is -0.0171. The molecule has 0 unspecified atom stereocenters. The summed E-state index contributed by atoms with van der Waals surface area (Å²) in [5, 5.41) is -0.363. The van der Waals surface area contributed by atoms with Crippen molar-refractivity contribution in [1.29, 1.82) is 0 Å². The summed E-state index contributed by atoms with van der Waals surface area (Å²) in [6.45, 7) is 1.09. The van der Waals surface area contributed by atoms with Crippen molar-refractivity contribution in [3.8, 4) is 0 Å². The number of benzene rings is 1. The third-order valence-corrected chi connectivity index (χ3v) is 6.47. The van der Waals surface area contributed by atoms with Crippen molar-refractivity contribution in [1.82, 2.24) is 4.90 Å². The van der Waals surface area contributed by atoms with Crippen LogP contribution in [0, 0.1) is 0 Å². The van der Waals surface area contributed by atoms with Crippen LogP contribution in [-0.4, -0.2) is 41.0 Å². The molecule has 0 saturated carbocycles. The van der Waals surface area contributed by atoms with Crippen LogP contribution >= 0.6 is 11.8 Å². The number of thioether (sulfide) groups is 1. The lowest BCUT2D eigenvalue weighted by Crippen LogP contribution is -2.43. The Bertz CT molecular complexity index is 908. The van der Waals surface area contributed by atoms with Crippen LogP contribution < -0.4 is 0 Å². The van der Waals surface area contributed by atoms with Crippen molar-refractivity contribution in [3.05, 3.63) is 59.0 Å². The van der Waals surface area contributed by atoms with Crippen LogP contribution in [0.15, 0.2) is 41.0 Å². The fraction of sp³-hybridized carbons (Fsp3) is 0.381. The van der Waals surface area contributed by atoms with E-state index in [2.05, 4.69) is 0 Å². The van der Waals surface area contributed by atoms with E-state index in [4.69, 9.17) is 9.15 Å². The van der Waals surface area contributed by atoms with E-state index in [9.17, 15) is 14.4 Å². The second-order valence-corrected chi connectivity index (χ2v) is 8.12. The van der Waals surface area contributed by atoms with Gasteiger partial charge in [0.1, 0.15) is 17.2 Å². The van der Waals surface area contributed by atoms with Crippen molar-refractivity contribution in [2.75, 3.05) is 12.4 Å². The molecule has 1 aliphatic heterocycles. The lowest BCUT2D eigenvalue weighted by Gasteiger charge is -2.25. The predicted octanol–water partition coefficient (Wildman–Crippen LogP) is 3.16. The molecule has 1 amide bonds. The van der Waals surface area contributed by atoms with Crippen LogP contribution in [0.3, 0.4) is 0 Å². The van der Waals surface area contributed by atoms with Gasteiger partial charge in [0.05, 0.1) is 6.26 Å². The number of rotatable bonds is 5. The Morgan fingerprint density at radius 3 is 2.79 bits per heavy atom. The number of Topliss-reactive ketones (excluding diaryl/α,β-unsaturated/α-hetero) is 1. The van der Waals surface area contributed by atoms with Gasteiger partial charge in [0.15, 0.2) is 12.4 Å². The SMILES string of the molecule is CC(=O)N1[C@@H](C(=O)OCC(=O)c2ccc3c(c2)CCC3)CS[C@@H]1c1ccco1. The number of hydrogen-bond acceptors (Lipinski definition) is 6. The lowest BCUT2D eigenvalue weighted by molar-refractivity contribution is -0.152. The number of amides is 1. The normalized spacial score (nSPS) is 20.8. The Balaban J connectivity index is 1.40. The van der Waals surface area contributed by atoms with Crippen LogP contribution in [0.25, 0.3) is 0 Å². The maximum absolute atomic E-state index is 12.6. The quantitative estimate of drug-likeness (QED) is 0.568. The molecule has 2 aliphatic rings. The molecule has 0 spiro atoms. The van der Waals surface area contributed by atoms with Gasteiger partial charge in [-0.2, -0.15) is 0 Å². The summed E-state index contributed by atoms with van der Waals surface area (Å²) in [4.78, 5) is 38.6. The monoisotopic (exact) mass is 399 g/mol. The van der Waals surface area contributed by atoms with Gasteiger partial charge in [-0.25, -0.2) is 4.79 Å². The second-order valence-electron chi connectivity index (χ2n) is 7.01. The van der Waals surface area contributed by atoms with E-state index in [0.717, 1.165) is 19.3 Å². The maximum atomic E-state index is 12.6. The minimum Gasteiger partial charge on any atom is -0.466 e. The molecule has 28 heavy (non-hydrogen) atoms. The zero-order valence-electron chi connectivity index (χ0n) is 15.6. The van der Waals surface area contributed by atoms with Gasteiger partial charge in [-0.1, -0.05) is 12.1 Å². The average Bonchev–Trinajstić information content (AvgIpc) is 3.44. The molecule has 0 radical (unpaired) electrons. The molecule has 2 heterocycles. The minimum atomic E-state index is -0.731. The summed E-state index contributed by atoms with van der Waals surface area (Å²) >= 11 is 1.44. The fourth-order valence-corrected chi connectivity index (χ4v) is 5.20. The topological polar surface area (TPSA) is 76.8 Å². The van der Waals surface area contributed by atoms with Gasteiger partial charge >= 0.3 is 5.97 Å². The molecular formula is C21H21NO5S. The van der Waals surface area contributed by atoms with Crippen LogP contribution in [0.2, 0.25) is 0 Å². The second kappa shape index (κ2) is 7.83. The average molecular weight is 399 g/mol. The summed E-state index contributed by atoms with van der Waals surface area (Å²) in [6.07, 6.45) is 4.68. The molecule has 1 aromatic heterocycles. The van der Waals surface area contributed by atoms with Gasteiger partial charge < -0.3 is 14.1 Å². The number of carbonyl (C=O) groups excluding carboxylic acids is 3. The first-order valence-electron chi connectivity index (χ1n) is 9.30. The van der Waals surface area contributed by atoms with E-state index >= 15 is 0 Å². The molecule has 0 bridgehead atoms. The Morgan fingerprint density at radius 1 is 1.21 bits per heavy atom. The summed E-state index contributed by atoms with van der Waals surface area (Å²) in [6, 6.07) is 8.47. The number of aryl methyl sites for hydroxylation is 2. The highest BCUT2D eigenvalue weighted by Crippen LogP contribution is 2.41. The number of esters is 1. The van der Waals surface area contributed by atoms with E-state index in [1.54, 1.807) is 18.2 Å². The lowest BCUT2D eigenvalue weighted by atomic mass is 10.0. The molecule has 1 aliphatic carbocycles. The zero-order chi connectivity index (χ0) is 19.7. The molecule has 0 N–H and O–H groups in total. The summed E-state index contributed by atoms with van der Waals surface area (Å²) in [5.41, 5.74) is 3.05. The van der Waals surface area contributed by atoms with Gasteiger partial charge in [0, 0.05) is 18.2 Å². The number of hydrogen-bond donors (Lipinski definition) is 0. The molecule has 1 saturated heterocycles. The molecule has 2 aromatic rings. The molecule has 1 aromatic carbocycles. The van der Waals surface area contributed by atoms with Crippen molar-refractivity contribution >= 4 is 29.4 Å². The first-order chi connectivity index (χ1) is 13.5. The largest absolute Gasteiger partial charge is 0.466 e. The molecule has 146 valence electrons. The van der Waals surface area contributed by atoms with Crippen LogP contribution in [0.1, 0.15) is 46.0 Å². The van der Waals surface area contributed by atoms with Crippen molar-refractivity contribution < 1.29 is 23.5 Å². The van der Waals surface area contributed by atoms with Crippen LogP contribution in [0.4, 0.5) is 0 Å². The Hall–Kier alpha value is -2.54. The minimum absolute atomic E-state index is 0.231. The van der Waals surface area contributed by atoms with Gasteiger partial charge in [-0.15, -0.1) is 11.8 Å². The molecule has 4 rings (SSSR count). The molecular weight excluding hydrogens is 378 g/mol. The predicted molar refractivity (Wildman–Crippen MR) is 104 cm³/mol. The smallest absolute Gasteiger partial charge is 0.330 e. The van der Waals surface area contributed by atoms with E-state index in [1.165, 1.54) is 41.0 Å². The Kier molecular flexibility index (Phi) is 5.26. The molecule has 1 fully saturated rings. The summed E-state index contributed by atoms with van der Waals surface area (Å²) in [7, 11) is 0. The summed E-state index contributed by atoms with van der Waals surface area (Å²) < 4.78 is 10.7. The number of ketones is 1. The number of carbonyl (C=O) groups is 3. The van der Waals surface area contributed by atoms with E-state index in [1.807, 2.05) is 12.1 Å². The van der Waals surface area contributed by atoms with Crippen LogP contribution in [0.5, 0.6) is 0 Å². The Labute approximate surface area is 167 Å². The maximum Gasteiger partial charge on any atom is 0.330 e. The zero-order valence-corrected chi connectivity index (χ0v) is 16.4. The van der Waals surface area contributed by atoms with Crippen molar-refractivity contribution in [2.24, 2.45) is 0 Å². The van der Waals surface area contributed by atoms with E-state index in [-0.39, 0.29) is 23.7 Å². The highest BCUT2D eigenvalue weighted by atomic mass is 32.2. The van der Waals surface area contributed by atoms with Gasteiger partial charge in [0.25, 0.3) is 0 Å². The van der Waals surface area contributed by atoms with Gasteiger partial charge in [0.2, 0.25) is 5.91 Å². The Morgan fingerprint density at radius 2 is 2.04 bits per heavy atom. The van der Waals surface area contributed by atoms with E-state index < -0.39 is 12.0 Å². The molecule has 6 nitrogen and oxygen atoms in total. The highest BCUT2D eigenvalue weighted by molar-refractivity contribution is 7.99. The molecule has 7 heteroatoms. The fourth-order valence-electron chi connectivity index (χ4n) is 3.78. The number of ether oxygens (including phenoxy) is 1. The third-order valence-electron chi connectivity index (χ3n) is 5.19. The molecule has 2 atom stereocenters. The standard InChI is InChI=1S/C21H21NO5S/c1-13(23)22-17(12-28-20(22)19-6-3-9-26-19)21(25)27-11-18(24)16-8-7-14-4-2-5-15(14)10-16/h3,6-10,17,20H,2,4-5,11-12H2,1H3/t17-,20-/m1/s1. The first-order valence-corrected chi connectivity index (χ1v) is 10.3. The first kappa shape index (κ1) is 18.8. The third kappa shape index (κ3) is 3.58. The van der Waals surface area contributed by atoms with Gasteiger partial charge in [-0.3, -0.25) is 9.59 Å². The number of furan rings is 1. The number of nitrogens with zero attached hydrogens (tertiary/aromatic N) is 1. The van der Waals surface area contributed by atoms with Crippen LogP contribution in [-0.2, 0) is 27.2 Å². The van der Waals surface area contributed by atoms with Gasteiger partial charge in [-0.05, 0) is 48.6 Å². The number of fused-ring (bicyclic) bond motifs is 1. The van der Waals surface area contributed by atoms with Crippen molar-refractivity contribution in [2.45, 2.75) is 37.6 Å². The highest BCUT2D eigenvalue weighted by Gasteiger charge is 2.43. The van der Waals surface area contributed by atoms with Crippen molar-refractivity contribution in [3.63, 3.8) is 0 Å². The van der Waals surface area contributed by atoms with E-state index in [0.29, 0.717) is 17.1 Å².